The molecular weight excluding hydrogens is 538 g/mol. The van der Waals surface area contributed by atoms with Gasteiger partial charge in [0.2, 0.25) is 10.3 Å². The van der Waals surface area contributed by atoms with Gasteiger partial charge in [0.05, 0.1) is 23.2 Å². The molecular formula is C24H32F2N6O6S. The minimum Gasteiger partial charge on any atom is -0.479 e. The molecule has 3 rings (SSSR count). The molecule has 2 atom stereocenters. The Hall–Kier alpha value is -3.40. The third-order valence-electron chi connectivity index (χ3n) is 6.44. The number of pyridine rings is 1. The number of unbranched alkanes of at least 4 members (excludes halogenated alkanes) is 1. The summed E-state index contributed by atoms with van der Waals surface area (Å²) in [6, 6.07) is 0.840. The number of benzene rings is 1. The second kappa shape index (κ2) is 12.2. The molecule has 1 amide bonds. The molecule has 0 radical (unpaired) electrons. The molecule has 1 aromatic carbocycles. The van der Waals surface area contributed by atoms with Crippen LogP contribution < -0.4 is 32.4 Å². The highest BCUT2D eigenvalue weighted by atomic mass is 32.2. The van der Waals surface area contributed by atoms with Crippen LogP contribution >= 0.6 is 0 Å². The van der Waals surface area contributed by atoms with E-state index in [1.807, 2.05) is 6.08 Å². The summed E-state index contributed by atoms with van der Waals surface area (Å²) in [4.78, 5) is 34.8. The van der Waals surface area contributed by atoms with E-state index in [0.29, 0.717) is 13.0 Å². The van der Waals surface area contributed by atoms with Gasteiger partial charge in [-0.3, -0.25) is 20.2 Å². The lowest BCUT2D eigenvalue weighted by molar-refractivity contribution is -0.139. The fraction of sp³-hybridized carbons (Fsp3) is 0.458. The zero-order chi connectivity index (χ0) is 29.0. The smallest absolute Gasteiger partial charge is 0.341 e. The fourth-order valence-electron chi connectivity index (χ4n) is 4.10. The highest BCUT2D eigenvalue weighted by Crippen LogP contribution is 2.23. The highest BCUT2D eigenvalue weighted by Gasteiger charge is 2.47. The monoisotopic (exact) mass is 570 g/mol. The third-order valence-corrected chi connectivity index (χ3v) is 8.69. The number of carboxylic acids is 1. The molecule has 2 aromatic rings. The molecule has 0 aliphatic carbocycles. The van der Waals surface area contributed by atoms with E-state index in [0.717, 1.165) is 16.8 Å². The van der Waals surface area contributed by atoms with Crippen LogP contribution in [0.5, 0.6) is 0 Å². The second-order valence-electron chi connectivity index (χ2n) is 9.19. The van der Waals surface area contributed by atoms with Crippen molar-refractivity contribution in [3.05, 3.63) is 57.5 Å². The van der Waals surface area contributed by atoms with E-state index >= 15 is 4.39 Å². The SMILES string of the molecule is CCCCS(=O)(=O)C(N)(CNC(=O)c1cn(C)c2c(F)c(CCNC3NC=CCN3)c(F)cc2c1=O)C(=O)O. The highest BCUT2D eigenvalue weighted by molar-refractivity contribution is 7.93. The minimum atomic E-state index is -4.38. The molecule has 2 unspecified atom stereocenters. The Balaban J connectivity index is 1.86. The molecule has 0 saturated heterocycles. The lowest BCUT2D eigenvalue weighted by Crippen LogP contribution is -2.62. The molecule has 39 heavy (non-hydrogen) atoms. The maximum atomic E-state index is 15.4. The van der Waals surface area contributed by atoms with Crippen LogP contribution in [-0.2, 0) is 28.1 Å². The molecule has 15 heteroatoms. The van der Waals surface area contributed by atoms with Gasteiger partial charge in [0.15, 0.2) is 15.7 Å². The van der Waals surface area contributed by atoms with E-state index in [1.54, 1.807) is 13.1 Å². The van der Waals surface area contributed by atoms with E-state index < -0.39 is 66.9 Å². The summed E-state index contributed by atoms with van der Waals surface area (Å²) in [5.41, 5.74) is 3.62. The summed E-state index contributed by atoms with van der Waals surface area (Å²) in [7, 11) is -3.03. The molecule has 0 fully saturated rings. The third kappa shape index (κ3) is 6.27. The largest absolute Gasteiger partial charge is 0.479 e. The van der Waals surface area contributed by atoms with Gasteiger partial charge in [0, 0.05) is 31.9 Å². The normalized spacial score (nSPS) is 17.0. The topological polar surface area (TPSA) is 185 Å². The van der Waals surface area contributed by atoms with E-state index in [9.17, 15) is 32.3 Å². The molecule has 7 N–H and O–H groups in total. The molecule has 1 aliphatic rings. The van der Waals surface area contributed by atoms with Gasteiger partial charge in [-0.2, -0.15) is 0 Å². The molecule has 0 saturated carbocycles. The number of carbonyl (C=O) groups excluding carboxylic acids is 1. The van der Waals surface area contributed by atoms with E-state index in [2.05, 4.69) is 21.3 Å². The van der Waals surface area contributed by atoms with Crippen LogP contribution in [-0.4, -0.2) is 66.5 Å². The van der Waals surface area contributed by atoms with E-state index in [1.165, 1.54) is 7.05 Å². The number of sulfone groups is 1. The van der Waals surface area contributed by atoms with Crippen molar-refractivity contribution in [2.75, 3.05) is 25.4 Å². The van der Waals surface area contributed by atoms with Crippen LogP contribution in [0.3, 0.4) is 0 Å². The van der Waals surface area contributed by atoms with Crippen molar-refractivity contribution >= 4 is 32.6 Å². The van der Waals surface area contributed by atoms with Crippen LogP contribution in [0.25, 0.3) is 10.9 Å². The number of aryl methyl sites for hydroxylation is 1. The number of aromatic nitrogens is 1. The van der Waals surface area contributed by atoms with Gasteiger partial charge in [-0.15, -0.1) is 0 Å². The van der Waals surface area contributed by atoms with Crippen molar-refractivity contribution in [2.24, 2.45) is 12.8 Å². The number of aliphatic carboxylic acids is 1. The summed E-state index contributed by atoms with van der Waals surface area (Å²) in [6.07, 6.45) is 4.94. The first-order valence-corrected chi connectivity index (χ1v) is 13.9. The van der Waals surface area contributed by atoms with Crippen LogP contribution in [0.4, 0.5) is 8.78 Å². The van der Waals surface area contributed by atoms with Gasteiger partial charge < -0.3 is 26.0 Å². The molecule has 1 aromatic heterocycles. The predicted molar refractivity (Wildman–Crippen MR) is 140 cm³/mol. The Morgan fingerprint density at radius 3 is 2.67 bits per heavy atom. The Kier molecular flexibility index (Phi) is 9.43. The van der Waals surface area contributed by atoms with Gasteiger partial charge in [-0.05, 0) is 25.1 Å². The number of carboxylic acid groups (broad SMARTS) is 1. The number of hydrogen-bond acceptors (Lipinski definition) is 9. The zero-order valence-corrected chi connectivity index (χ0v) is 22.3. The first-order chi connectivity index (χ1) is 18.3. The van der Waals surface area contributed by atoms with Crippen molar-refractivity contribution in [1.29, 1.82) is 0 Å². The number of fused-ring (bicyclic) bond motifs is 1. The summed E-state index contributed by atoms with van der Waals surface area (Å²) in [6.45, 7) is 1.52. The Morgan fingerprint density at radius 2 is 2.05 bits per heavy atom. The Labute approximate surface area is 223 Å². The number of nitrogens with zero attached hydrogens (tertiary/aromatic N) is 1. The van der Waals surface area contributed by atoms with Crippen LogP contribution in [0.1, 0.15) is 35.7 Å². The first kappa shape index (κ1) is 30.1. The fourth-order valence-corrected chi connectivity index (χ4v) is 5.69. The number of carbonyl (C=O) groups is 2. The molecule has 12 nitrogen and oxygen atoms in total. The van der Waals surface area contributed by atoms with Gasteiger partial charge in [-0.25, -0.2) is 22.0 Å². The quantitative estimate of drug-likeness (QED) is 0.197. The number of nitrogens with two attached hydrogens (primary N) is 1. The molecule has 2 heterocycles. The predicted octanol–water partition coefficient (Wildman–Crippen LogP) is -0.377. The minimum absolute atomic E-state index is 0.0338. The number of halogens is 2. The van der Waals surface area contributed by atoms with E-state index in [4.69, 9.17) is 5.73 Å². The zero-order valence-electron chi connectivity index (χ0n) is 21.5. The lowest BCUT2D eigenvalue weighted by Gasteiger charge is -2.25. The molecule has 0 spiro atoms. The van der Waals surface area contributed by atoms with Crippen LogP contribution in [0.15, 0.2) is 29.3 Å². The van der Waals surface area contributed by atoms with Crippen LogP contribution in [0, 0.1) is 11.6 Å². The summed E-state index contributed by atoms with van der Waals surface area (Å²) in [5.74, 6) is -5.47. The summed E-state index contributed by atoms with van der Waals surface area (Å²) in [5, 5.41) is 20.3. The van der Waals surface area contributed by atoms with Gasteiger partial charge in [0.1, 0.15) is 17.7 Å². The van der Waals surface area contributed by atoms with Crippen LogP contribution in [0.2, 0.25) is 0 Å². The number of rotatable bonds is 12. The van der Waals surface area contributed by atoms with Gasteiger partial charge >= 0.3 is 5.97 Å². The van der Waals surface area contributed by atoms with Crippen molar-refractivity contribution in [3.63, 3.8) is 0 Å². The summed E-state index contributed by atoms with van der Waals surface area (Å²) >= 11 is 0. The maximum absolute atomic E-state index is 15.4. The van der Waals surface area contributed by atoms with Gasteiger partial charge in [-0.1, -0.05) is 19.4 Å². The van der Waals surface area contributed by atoms with Crippen molar-refractivity contribution in [2.45, 2.75) is 37.3 Å². The first-order valence-electron chi connectivity index (χ1n) is 12.2. The van der Waals surface area contributed by atoms with E-state index in [-0.39, 0.29) is 36.8 Å². The molecule has 0 bridgehead atoms. The maximum Gasteiger partial charge on any atom is 0.341 e. The molecule has 1 aliphatic heterocycles. The summed E-state index contributed by atoms with van der Waals surface area (Å²) < 4.78 is 56.5. The Bertz CT molecular complexity index is 1460. The van der Waals surface area contributed by atoms with Crippen molar-refractivity contribution < 1.29 is 31.9 Å². The standard InChI is InChI=1S/C24H32F2N6O6S/c1-3-4-10-39(37,38)24(27,22(35)36)13-31-21(34)16-12-32(2)19-15(20(16)33)11-17(25)14(18(19)26)6-9-30-23-28-7-5-8-29-23/h5,7,11-12,23,28-30H,3-4,6,8-10,13,27H2,1-2H3,(H,31,34)(H,35,36). The lowest BCUT2D eigenvalue weighted by atomic mass is 10.0. The average Bonchev–Trinajstić information content (AvgIpc) is 2.89. The van der Waals surface area contributed by atoms with Crippen molar-refractivity contribution in [1.82, 2.24) is 25.8 Å². The number of nitrogens with one attached hydrogen (secondary N) is 4. The Morgan fingerprint density at radius 1 is 1.33 bits per heavy atom. The van der Waals surface area contributed by atoms with Gasteiger partial charge in [0.25, 0.3) is 5.91 Å². The average molecular weight is 571 g/mol. The second-order valence-corrected chi connectivity index (χ2v) is 11.6. The molecule has 214 valence electrons. The number of amides is 1. The van der Waals surface area contributed by atoms with Crippen molar-refractivity contribution in [3.8, 4) is 0 Å². The number of hydrogen-bond donors (Lipinski definition) is 6.